The van der Waals surface area contributed by atoms with E-state index in [4.69, 9.17) is 14.2 Å². The van der Waals surface area contributed by atoms with E-state index in [1.54, 1.807) is 0 Å². The number of nitrogens with zero attached hydrogens (tertiary/aromatic N) is 3. The van der Waals surface area contributed by atoms with Gasteiger partial charge in [-0.3, -0.25) is 9.48 Å². The van der Waals surface area contributed by atoms with Crippen molar-refractivity contribution in [3.63, 3.8) is 0 Å². The lowest BCUT2D eigenvalue weighted by atomic mass is 10.1. The molecule has 26 heavy (non-hydrogen) atoms. The van der Waals surface area contributed by atoms with Crippen LogP contribution in [0.2, 0.25) is 0 Å². The lowest BCUT2D eigenvalue weighted by Crippen LogP contribution is -2.35. The van der Waals surface area contributed by atoms with Crippen LogP contribution in [0.25, 0.3) is 0 Å². The molecule has 1 unspecified atom stereocenters. The summed E-state index contributed by atoms with van der Waals surface area (Å²) in [6.07, 6.45) is 3.24. The van der Waals surface area contributed by atoms with E-state index in [1.165, 1.54) is 6.42 Å². The highest BCUT2D eigenvalue weighted by Crippen LogP contribution is 2.36. The second kappa shape index (κ2) is 6.32. The third kappa shape index (κ3) is 2.72. The van der Waals surface area contributed by atoms with Gasteiger partial charge in [0.1, 0.15) is 6.10 Å². The average Bonchev–Trinajstić information content (AvgIpc) is 3.33. The second-order valence-corrected chi connectivity index (χ2v) is 6.97. The minimum atomic E-state index is -0.116. The fourth-order valence-corrected chi connectivity index (χ4v) is 3.80. The molecule has 1 amide bonds. The molecule has 3 aliphatic rings. The maximum Gasteiger partial charge on any atom is 0.274 e. The summed E-state index contributed by atoms with van der Waals surface area (Å²) < 4.78 is 18.7. The first-order valence-electron chi connectivity index (χ1n) is 9.15. The van der Waals surface area contributed by atoms with Gasteiger partial charge in [-0.25, -0.2) is 0 Å². The van der Waals surface area contributed by atoms with Crippen molar-refractivity contribution in [1.82, 2.24) is 14.7 Å². The Morgan fingerprint density at radius 3 is 2.81 bits per heavy atom. The summed E-state index contributed by atoms with van der Waals surface area (Å²) in [7, 11) is 0. The highest BCUT2D eigenvalue weighted by Gasteiger charge is 2.27. The van der Waals surface area contributed by atoms with Gasteiger partial charge in [0.05, 0.1) is 18.8 Å². The van der Waals surface area contributed by atoms with Crippen LogP contribution < -0.4 is 9.47 Å². The number of carbonyl (C=O) groups is 1. The van der Waals surface area contributed by atoms with Crippen molar-refractivity contribution >= 4 is 5.91 Å². The van der Waals surface area contributed by atoms with Crippen molar-refractivity contribution in [2.75, 3.05) is 19.9 Å². The maximum absolute atomic E-state index is 12.7. The first-order valence-corrected chi connectivity index (χ1v) is 9.15. The molecule has 0 N–H and O–H groups in total. The number of hydrogen-bond donors (Lipinski definition) is 0. The number of hydrogen-bond acceptors (Lipinski definition) is 5. The SMILES string of the molecule is O=C(c1cc2n(n1)CC(c1ccc3c(c1)OCO3)OC2)N1CCCCC1. The second-order valence-electron chi connectivity index (χ2n) is 6.97. The Labute approximate surface area is 151 Å². The van der Waals surface area contributed by atoms with Crippen molar-refractivity contribution in [3.8, 4) is 11.5 Å². The van der Waals surface area contributed by atoms with E-state index < -0.39 is 0 Å². The van der Waals surface area contributed by atoms with Crippen molar-refractivity contribution in [1.29, 1.82) is 0 Å². The summed E-state index contributed by atoms with van der Waals surface area (Å²) in [5.41, 5.74) is 2.50. The molecule has 5 rings (SSSR count). The van der Waals surface area contributed by atoms with Gasteiger partial charge in [0.25, 0.3) is 5.91 Å². The first kappa shape index (κ1) is 15.7. The molecule has 0 saturated carbocycles. The van der Waals surface area contributed by atoms with Crippen molar-refractivity contribution in [3.05, 3.63) is 41.2 Å². The highest BCUT2D eigenvalue weighted by molar-refractivity contribution is 5.92. The number of carbonyl (C=O) groups excluding carboxylic acids is 1. The molecule has 0 bridgehead atoms. The molecule has 1 atom stereocenters. The monoisotopic (exact) mass is 355 g/mol. The van der Waals surface area contributed by atoms with E-state index in [2.05, 4.69) is 5.10 Å². The fraction of sp³-hybridized carbons (Fsp3) is 0.474. The summed E-state index contributed by atoms with van der Waals surface area (Å²) in [4.78, 5) is 14.6. The molecule has 0 aliphatic carbocycles. The van der Waals surface area contributed by atoms with E-state index >= 15 is 0 Å². The third-order valence-corrected chi connectivity index (χ3v) is 5.27. The number of piperidine rings is 1. The van der Waals surface area contributed by atoms with Crippen LogP contribution in [-0.2, 0) is 17.9 Å². The lowest BCUT2D eigenvalue weighted by molar-refractivity contribution is -0.00130. The zero-order chi connectivity index (χ0) is 17.5. The molecule has 3 aliphatic heterocycles. The van der Waals surface area contributed by atoms with E-state index in [-0.39, 0.29) is 18.8 Å². The molecule has 0 spiro atoms. The zero-order valence-corrected chi connectivity index (χ0v) is 14.5. The fourth-order valence-electron chi connectivity index (χ4n) is 3.80. The van der Waals surface area contributed by atoms with E-state index in [1.807, 2.05) is 33.8 Å². The largest absolute Gasteiger partial charge is 0.454 e. The van der Waals surface area contributed by atoms with Crippen LogP contribution in [0.1, 0.15) is 47.1 Å². The molecule has 1 aromatic heterocycles. The van der Waals surface area contributed by atoms with Crippen LogP contribution in [0.5, 0.6) is 11.5 Å². The number of aromatic nitrogens is 2. The van der Waals surface area contributed by atoms with Crippen LogP contribution in [-0.4, -0.2) is 40.5 Å². The molecule has 7 nitrogen and oxygen atoms in total. The van der Waals surface area contributed by atoms with Gasteiger partial charge < -0.3 is 19.1 Å². The predicted molar refractivity (Wildman–Crippen MR) is 92.1 cm³/mol. The molecule has 1 saturated heterocycles. The van der Waals surface area contributed by atoms with Crippen LogP contribution in [0.3, 0.4) is 0 Å². The lowest BCUT2D eigenvalue weighted by Gasteiger charge is -2.25. The smallest absolute Gasteiger partial charge is 0.274 e. The normalized spacial score (nSPS) is 21.5. The van der Waals surface area contributed by atoms with Gasteiger partial charge in [-0.2, -0.15) is 5.10 Å². The minimum absolute atomic E-state index is 0.0335. The van der Waals surface area contributed by atoms with Gasteiger partial charge >= 0.3 is 0 Å². The van der Waals surface area contributed by atoms with Gasteiger partial charge in [-0.05, 0) is 43.0 Å². The van der Waals surface area contributed by atoms with Crippen LogP contribution in [0, 0.1) is 0 Å². The van der Waals surface area contributed by atoms with Gasteiger partial charge in [-0.15, -0.1) is 0 Å². The van der Waals surface area contributed by atoms with Gasteiger partial charge in [0.15, 0.2) is 17.2 Å². The summed E-state index contributed by atoms with van der Waals surface area (Å²) in [6.45, 7) is 2.95. The number of fused-ring (bicyclic) bond motifs is 2. The zero-order valence-electron chi connectivity index (χ0n) is 14.5. The third-order valence-electron chi connectivity index (χ3n) is 5.27. The number of benzene rings is 1. The van der Waals surface area contributed by atoms with Crippen molar-refractivity contribution < 1.29 is 19.0 Å². The number of rotatable bonds is 2. The molecule has 0 radical (unpaired) electrons. The van der Waals surface area contributed by atoms with Gasteiger partial charge in [0, 0.05) is 13.1 Å². The minimum Gasteiger partial charge on any atom is -0.454 e. The average molecular weight is 355 g/mol. The first-order chi connectivity index (χ1) is 12.8. The van der Waals surface area contributed by atoms with Crippen LogP contribution in [0.4, 0.5) is 0 Å². The predicted octanol–water partition coefficient (Wildman–Crippen LogP) is 2.51. The molecule has 4 heterocycles. The summed E-state index contributed by atoms with van der Waals surface area (Å²) in [5, 5.41) is 4.56. The Kier molecular flexibility index (Phi) is 3.81. The standard InChI is InChI=1S/C19H21N3O4/c23-19(21-6-2-1-3-7-21)15-9-14-11-24-18(10-22(14)20-15)13-4-5-16-17(8-13)26-12-25-16/h4-5,8-9,18H,1-3,6-7,10-12H2. The summed E-state index contributed by atoms with van der Waals surface area (Å²) in [6, 6.07) is 7.73. The Morgan fingerprint density at radius 2 is 1.92 bits per heavy atom. The van der Waals surface area contributed by atoms with Crippen molar-refractivity contribution in [2.45, 2.75) is 38.5 Å². The van der Waals surface area contributed by atoms with Crippen LogP contribution >= 0.6 is 0 Å². The van der Waals surface area contributed by atoms with E-state index in [9.17, 15) is 4.79 Å². The number of likely N-dealkylation sites (tertiary alicyclic amines) is 1. The van der Waals surface area contributed by atoms with Crippen LogP contribution in [0.15, 0.2) is 24.3 Å². The Hall–Kier alpha value is -2.54. The van der Waals surface area contributed by atoms with Gasteiger partial charge in [-0.1, -0.05) is 6.07 Å². The topological polar surface area (TPSA) is 65.8 Å². The molecule has 136 valence electrons. The van der Waals surface area contributed by atoms with E-state index in [0.29, 0.717) is 18.8 Å². The van der Waals surface area contributed by atoms with Gasteiger partial charge in [0.2, 0.25) is 6.79 Å². The van der Waals surface area contributed by atoms with E-state index in [0.717, 1.165) is 48.7 Å². The molecule has 1 fully saturated rings. The Balaban J connectivity index is 1.34. The Bertz CT molecular complexity index is 841. The molecule has 7 heteroatoms. The highest BCUT2D eigenvalue weighted by atomic mass is 16.7. The Morgan fingerprint density at radius 1 is 1.08 bits per heavy atom. The quantitative estimate of drug-likeness (QED) is 0.828. The number of amides is 1. The van der Waals surface area contributed by atoms with Crippen molar-refractivity contribution in [2.24, 2.45) is 0 Å². The number of ether oxygens (including phenoxy) is 3. The molecule has 1 aromatic carbocycles. The molecule has 2 aromatic rings. The molecular formula is C19H21N3O4. The molecular weight excluding hydrogens is 334 g/mol. The summed E-state index contributed by atoms with van der Waals surface area (Å²) in [5.74, 6) is 1.54. The summed E-state index contributed by atoms with van der Waals surface area (Å²) >= 11 is 0. The maximum atomic E-state index is 12.7.